The smallest absolute Gasteiger partial charge is 0.261 e. The van der Waals surface area contributed by atoms with Gasteiger partial charge in [0.05, 0.1) is 23.2 Å². The molecule has 29 heavy (non-hydrogen) atoms. The molecule has 4 aliphatic rings. The zero-order chi connectivity index (χ0) is 20.4. The molecule has 1 fully saturated rings. The molecule has 2 aliphatic heterocycles. The van der Waals surface area contributed by atoms with Crippen molar-refractivity contribution in [1.82, 2.24) is 4.90 Å². The van der Waals surface area contributed by atoms with E-state index in [9.17, 15) is 9.59 Å². The van der Waals surface area contributed by atoms with Gasteiger partial charge in [0.25, 0.3) is 11.8 Å². The minimum absolute atomic E-state index is 0.0150. The third kappa shape index (κ3) is 2.84. The Hall–Kier alpha value is -2.49. The van der Waals surface area contributed by atoms with Crippen LogP contribution in [0.25, 0.3) is 0 Å². The molecule has 150 valence electrons. The lowest BCUT2D eigenvalue weighted by atomic mass is 9.68. The molecule has 0 bridgehead atoms. The van der Waals surface area contributed by atoms with E-state index in [1.165, 1.54) is 35.4 Å². The molecular weight excluding hydrogens is 360 g/mol. The Morgan fingerprint density at radius 1 is 1.10 bits per heavy atom. The maximum absolute atomic E-state index is 12.8. The number of nitrogens with zero attached hydrogens (tertiary/aromatic N) is 2. The second-order valence-electron chi connectivity index (χ2n) is 9.57. The van der Waals surface area contributed by atoms with Crippen LogP contribution in [0.2, 0.25) is 0 Å². The van der Waals surface area contributed by atoms with E-state index < -0.39 is 0 Å². The number of hydrogen-bond donors (Lipinski definition) is 0. The zero-order valence-corrected chi connectivity index (χ0v) is 17.5. The summed E-state index contributed by atoms with van der Waals surface area (Å²) in [5.41, 5.74) is 4.46. The Bertz CT molecular complexity index is 978. The normalized spacial score (nSPS) is 30.7. The lowest BCUT2D eigenvalue weighted by Gasteiger charge is -2.36. The van der Waals surface area contributed by atoms with Gasteiger partial charge in [-0.3, -0.25) is 19.5 Å². The molecule has 2 amide bonds. The highest BCUT2D eigenvalue weighted by atomic mass is 16.2. The fourth-order valence-electron chi connectivity index (χ4n) is 5.28. The van der Waals surface area contributed by atoms with Gasteiger partial charge in [-0.15, -0.1) is 0 Å². The summed E-state index contributed by atoms with van der Waals surface area (Å²) in [6.07, 6.45) is 10.4. The number of benzene rings is 1. The third-order valence-electron chi connectivity index (χ3n) is 7.45. The topological polar surface area (TPSA) is 49.7 Å². The van der Waals surface area contributed by atoms with E-state index >= 15 is 0 Å². The van der Waals surface area contributed by atoms with Crippen LogP contribution in [0.3, 0.4) is 0 Å². The molecule has 2 heterocycles. The van der Waals surface area contributed by atoms with Gasteiger partial charge in [0.1, 0.15) is 0 Å². The zero-order valence-electron chi connectivity index (χ0n) is 17.5. The van der Waals surface area contributed by atoms with Crippen LogP contribution in [0.5, 0.6) is 0 Å². The first-order valence-electron chi connectivity index (χ1n) is 10.8. The van der Waals surface area contributed by atoms with Crippen LogP contribution in [-0.4, -0.2) is 34.5 Å². The fraction of sp³-hybridized carbons (Fsp3) is 0.480. The molecule has 0 aromatic heterocycles. The molecule has 2 atom stereocenters. The van der Waals surface area contributed by atoms with Crippen LogP contribution in [0.4, 0.5) is 0 Å². The van der Waals surface area contributed by atoms with E-state index in [-0.39, 0.29) is 22.8 Å². The average molecular weight is 389 g/mol. The van der Waals surface area contributed by atoms with Crippen molar-refractivity contribution in [2.45, 2.75) is 58.4 Å². The number of aliphatic imine (C=N–C) groups is 1. The summed E-state index contributed by atoms with van der Waals surface area (Å²) in [7, 11) is 0. The highest BCUT2D eigenvalue weighted by molar-refractivity contribution is 6.21. The lowest BCUT2D eigenvalue weighted by Crippen LogP contribution is -2.35. The molecule has 1 aromatic rings. The predicted molar refractivity (Wildman–Crippen MR) is 114 cm³/mol. The Morgan fingerprint density at radius 3 is 2.38 bits per heavy atom. The van der Waals surface area contributed by atoms with Gasteiger partial charge in [-0.1, -0.05) is 44.1 Å². The van der Waals surface area contributed by atoms with Crippen molar-refractivity contribution < 1.29 is 9.59 Å². The molecule has 2 unspecified atom stereocenters. The Labute approximate surface area is 172 Å². The minimum Gasteiger partial charge on any atom is -0.282 e. The van der Waals surface area contributed by atoms with Crippen molar-refractivity contribution in [3.8, 4) is 0 Å². The predicted octanol–water partition coefficient (Wildman–Crippen LogP) is 4.97. The first-order chi connectivity index (χ1) is 13.8. The molecule has 1 aromatic carbocycles. The highest BCUT2D eigenvalue weighted by Crippen LogP contribution is 2.52. The van der Waals surface area contributed by atoms with Gasteiger partial charge in [0, 0.05) is 11.1 Å². The van der Waals surface area contributed by atoms with E-state index in [4.69, 9.17) is 4.99 Å². The maximum atomic E-state index is 12.8. The summed E-state index contributed by atoms with van der Waals surface area (Å²) in [6.45, 7) is 7.06. The van der Waals surface area contributed by atoms with Gasteiger partial charge in [-0.05, 0) is 62.3 Å². The number of imide groups is 1. The molecule has 0 saturated heterocycles. The maximum Gasteiger partial charge on any atom is 0.261 e. The van der Waals surface area contributed by atoms with Gasteiger partial charge >= 0.3 is 0 Å². The molecule has 4 heteroatoms. The number of carbonyl (C=O) groups excluding carboxylic acids is 2. The summed E-state index contributed by atoms with van der Waals surface area (Å²) in [6, 6.07) is 7.10. The molecule has 1 saturated carbocycles. The Morgan fingerprint density at radius 2 is 1.76 bits per heavy atom. The van der Waals surface area contributed by atoms with Crippen molar-refractivity contribution in [3.63, 3.8) is 0 Å². The summed E-state index contributed by atoms with van der Waals surface area (Å²) < 4.78 is 0. The van der Waals surface area contributed by atoms with Crippen molar-refractivity contribution in [3.05, 3.63) is 58.7 Å². The van der Waals surface area contributed by atoms with Crippen LogP contribution in [-0.2, 0) is 0 Å². The van der Waals surface area contributed by atoms with Gasteiger partial charge in [-0.25, -0.2) is 0 Å². The second-order valence-corrected chi connectivity index (χ2v) is 9.57. The van der Waals surface area contributed by atoms with Crippen LogP contribution < -0.4 is 0 Å². The summed E-state index contributed by atoms with van der Waals surface area (Å²) in [5.74, 6) is 0.520. The first-order valence-corrected chi connectivity index (χ1v) is 10.8. The van der Waals surface area contributed by atoms with Crippen LogP contribution in [0.1, 0.15) is 73.6 Å². The van der Waals surface area contributed by atoms with Crippen molar-refractivity contribution in [1.29, 1.82) is 0 Å². The lowest BCUT2D eigenvalue weighted by molar-refractivity contribution is 0.0669. The molecule has 0 spiro atoms. The molecule has 4 nitrogen and oxygen atoms in total. The number of amides is 2. The van der Waals surface area contributed by atoms with Gasteiger partial charge in [-0.2, -0.15) is 0 Å². The summed E-state index contributed by atoms with van der Waals surface area (Å²) >= 11 is 0. The summed E-state index contributed by atoms with van der Waals surface area (Å²) in [5, 5.41) is 0. The van der Waals surface area contributed by atoms with Crippen molar-refractivity contribution in [2.24, 2.45) is 16.3 Å². The standard InChI is InChI=1S/C25H28N2O2/c1-16-24(2,12-10-17-8-9-17)21-14-18(11-13-25(21,3)26-16)15-27-22(28)19-6-4-5-7-20(19)23(27)29/h4-7,11,14,17H,8-10,12-13,15H2,1-3H3. The second kappa shape index (κ2) is 6.25. The van der Waals surface area contributed by atoms with E-state index in [1.807, 2.05) is 12.1 Å². The van der Waals surface area contributed by atoms with E-state index in [0.717, 1.165) is 24.3 Å². The fourth-order valence-corrected chi connectivity index (χ4v) is 5.28. The quantitative estimate of drug-likeness (QED) is 0.669. The highest BCUT2D eigenvalue weighted by Gasteiger charge is 2.49. The average Bonchev–Trinajstić information content (AvgIpc) is 3.48. The molecule has 5 rings (SSSR count). The van der Waals surface area contributed by atoms with Crippen LogP contribution in [0.15, 0.2) is 52.6 Å². The number of rotatable bonds is 5. The Balaban J connectivity index is 1.41. The third-order valence-corrected chi connectivity index (χ3v) is 7.45. The van der Waals surface area contributed by atoms with E-state index in [0.29, 0.717) is 17.7 Å². The van der Waals surface area contributed by atoms with E-state index in [1.54, 1.807) is 12.1 Å². The SMILES string of the molecule is CC1=NC2(C)CC=C(CN3C(=O)c4ccccc4C3=O)C=C2C1(C)CCC1CC1. The minimum atomic E-state index is -0.187. The van der Waals surface area contributed by atoms with Gasteiger partial charge < -0.3 is 0 Å². The molecular formula is C25H28N2O2. The van der Waals surface area contributed by atoms with Gasteiger partial charge in [0.15, 0.2) is 0 Å². The number of carbonyl (C=O) groups is 2. The molecule has 2 aliphatic carbocycles. The molecule has 0 N–H and O–H groups in total. The van der Waals surface area contributed by atoms with Crippen LogP contribution in [0, 0.1) is 11.3 Å². The monoisotopic (exact) mass is 388 g/mol. The van der Waals surface area contributed by atoms with Crippen molar-refractivity contribution in [2.75, 3.05) is 6.54 Å². The number of hydrogen-bond acceptors (Lipinski definition) is 3. The van der Waals surface area contributed by atoms with Crippen LogP contribution >= 0.6 is 0 Å². The van der Waals surface area contributed by atoms with Gasteiger partial charge in [0.2, 0.25) is 0 Å². The molecule has 0 radical (unpaired) electrons. The first kappa shape index (κ1) is 18.5. The Kier molecular flexibility index (Phi) is 4.00. The van der Waals surface area contributed by atoms with Crippen molar-refractivity contribution >= 4 is 17.5 Å². The van der Waals surface area contributed by atoms with E-state index in [2.05, 4.69) is 32.9 Å². The largest absolute Gasteiger partial charge is 0.282 e. The number of fused-ring (bicyclic) bond motifs is 2. The summed E-state index contributed by atoms with van der Waals surface area (Å²) in [4.78, 5) is 32.0.